The lowest BCUT2D eigenvalue weighted by molar-refractivity contribution is -0.137. The molecule has 0 aliphatic heterocycles. The average molecular weight is 379 g/mol. The summed E-state index contributed by atoms with van der Waals surface area (Å²) in [5.41, 5.74) is 0.209. The van der Waals surface area contributed by atoms with Crippen LogP contribution in [0.2, 0.25) is 5.02 Å². The van der Waals surface area contributed by atoms with E-state index in [1.807, 2.05) is 0 Å². The second-order valence-corrected chi connectivity index (χ2v) is 6.40. The maximum atomic E-state index is 13.0. The number of para-hydroxylation sites is 1. The number of aromatic nitrogens is 1. The maximum absolute atomic E-state index is 13.0. The first kappa shape index (κ1) is 18.7. The Kier molecular flexibility index (Phi) is 5.82. The van der Waals surface area contributed by atoms with E-state index < -0.39 is 23.3 Å². The number of hydrogen-bond acceptors (Lipinski definition) is 4. The zero-order chi connectivity index (χ0) is 17.9. The zero-order valence-electron chi connectivity index (χ0n) is 12.8. The number of nitrogens with one attached hydrogen (secondary N) is 1. The Morgan fingerprint density at radius 1 is 1.38 bits per heavy atom. The fraction of sp³-hybridized carbons (Fsp3) is 0.333. The number of anilines is 1. The highest BCUT2D eigenvalue weighted by atomic mass is 35.5. The standard InChI is InChI=1S/C15H14ClF3N2O2S/c1-8-10(9(2)23-21-8)6-24-7-13(22)20-14-11(15(17,18)19)4-3-5-12(14)16/h3-5H,6-7H2,1-2H3,(H,20,22). The molecule has 24 heavy (non-hydrogen) atoms. The third-order valence-electron chi connectivity index (χ3n) is 3.24. The summed E-state index contributed by atoms with van der Waals surface area (Å²) in [5, 5.41) is 5.89. The molecule has 0 bridgehead atoms. The number of aryl methyl sites for hydroxylation is 2. The average Bonchev–Trinajstić information content (AvgIpc) is 2.80. The monoisotopic (exact) mass is 378 g/mol. The summed E-state index contributed by atoms with van der Waals surface area (Å²) < 4.78 is 43.9. The largest absolute Gasteiger partial charge is 0.418 e. The van der Waals surface area contributed by atoms with E-state index in [4.69, 9.17) is 16.1 Å². The van der Waals surface area contributed by atoms with Gasteiger partial charge in [-0.15, -0.1) is 11.8 Å². The highest BCUT2D eigenvalue weighted by Gasteiger charge is 2.34. The Balaban J connectivity index is 2.01. The number of halogens is 4. The number of thioether (sulfide) groups is 1. The van der Waals surface area contributed by atoms with Gasteiger partial charge in [-0.1, -0.05) is 22.8 Å². The van der Waals surface area contributed by atoms with E-state index in [1.165, 1.54) is 23.9 Å². The number of nitrogens with zero attached hydrogens (tertiary/aromatic N) is 1. The molecule has 2 rings (SSSR count). The molecule has 1 N–H and O–H groups in total. The summed E-state index contributed by atoms with van der Waals surface area (Å²) in [5.74, 6) is 0.548. The van der Waals surface area contributed by atoms with Gasteiger partial charge in [0, 0.05) is 11.3 Å². The van der Waals surface area contributed by atoms with Gasteiger partial charge in [-0.2, -0.15) is 13.2 Å². The van der Waals surface area contributed by atoms with Crippen LogP contribution in [0.25, 0.3) is 0 Å². The predicted octanol–water partition coefficient (Wildman–Crippen LogP) is 4.84. The quantitative estimate of drug-likeness (QED) is 0.809. The second kappa shape index (κ2) is 7.48. The Labute approximate surface area is 145 Å². The van der Waals surface area contributed by atoms with Crippen LogP contribution in [0.3, 0.4) is 0 Å². The van der Waals surface area contributed by atoms with E-state index in [0.29, 0.717) is 11.5 Å². The van der Waals surface area contributed by atoms with Crippen LogP contribution in [0.1, 0.15) is 22.6 Å². The molecule has 1 aromatic heterocycles. The fourth-order valence-electron chi connectivity index (χ4n) is 2.02. The molecule has 0 saturated carbocycles. The molecule has 1 amide bonds. The summed E-state index contributed by atoms with van der Waals surface area (Å²) in [4.78, 5) is 11.9. The molecule has 0 aliphatic rings. The van der Waals surface area contributed by atoms with Gasteiger partial charge in [0.2, 0.25) is 5.91 Å². The van der Waals surface area contributed by atoms with Crippen molar-refractivity contribution in [3.05, 3.63) is 45.8 Å². The van der Waals surface area contributed by atoms with Crippen LogP contribution >= 0.6 is 23.4 Å². The van der Waals surface area contributed by atoms with E-state index in [-0.39, 0.29) is 10.8 Å². The third kappa shape index (κ3) is 4.45. The lowest BCUT2D eigenvalue weighted by Gasteiger charge is -2.15. The molecule has 2 aromatic rings. The molecule has 0 fully saturated rings. The predicted molar refractivity (Wildman–Crippen MR) is 87.2 cm³/mol. The van der Waals surface area contributed by atoms with Gasteiger partial charge in [-0.05, 0) is 26.0 Å². The van der Waals surface area contributed by atoms with Crippen LogP contribution in [0, 0.1) is 13.8 Å². The first-order valence-corrected chi connectivity index (χ1v) is 8.38. The van der Waals surface area contributed by atoms with Crippen LogP contribution < -0.4 is 5.32 Å². The number of carbonyl (C=O) groups excluding carboxylic acids is 1. The molecule has 130 valence electrons. The molecule has 1 aromatic carbocycles. The molecule has 1 heterocycles. The molecule has 0 aliphatic carbocycles. The van der Waals surface area contributed by atoms with Crippen molar-refractivity contribution in [1.29, 1.82) is 0 Å². The minimum absolute atomic E-state index is 0.0212. The minimum atomic E-state index is -4.60. The number of amides is 1. The molecule has 0 saturated heterocycles. The maximum Gasteiger partial charge on any atom is 0.418 e. The van der Waals surface area contributed by atoms with E-state index >= 15 is 0 Å². The number of alkyl halides is 3. The Morgan fingerprint density at radius 3 is 2.67 bits per heavy atom. The van der Waals surface area contributed by atoms with Gasteiger partial charge < -0.3 is 9.84 Å². The molecular weight excluding hydrogens is 365 g/mol. The van der Waals surface area contributed by atoms with E-state index in [1.54, 1.807) is 13.8 Å². The van der Waals surface area contributed by atoms with Crippen molar-refractivity contribution in [3.63, 3.8) is 0 Å². The topological polar surface area (TPSA) is 55.1 Å². The highest BCUT2D eigenvalue weighted by Crippen LogP contribution is 2.38. The Hall–Kier alpha value is -1.67. The SMILES string of the molecule is Cc1noc(C)c1CSCC(=O)Nc1c(Cl)cccc1C(F)(F)F. The first-order chi connectivity index (χ1) is 11.2. The summed E-state index contributed by atoms with van der Waals surface area (Å²) in [6, 6.07) is 3.36. The smallest absolute Gasteiger partial charge is 0.361 e. The van der Waals surface area contributed by atoms with E-state index in [9.17, 15) is 18.0 Å². The van der Waals surface area contributed by atoms with Gasteiger partial charge in [0.25, 0.3) is 0 Å². The summed E-state index contributed by atoms with van der Waals surface area (Å²) in [7, 11) is 0. The number of benzene rings is 1. The van der Waals surface area contributed by atoms with Gasteiger partial charge >= 0.3 is 6.18 Å². The Morgan fingerprint density at radius 2 is 2.08 bits per heavy atom. The van der Waals surface area contributed by atoms with Crippen molar-refractivity contribution in [2.24, 2.45) is 0 Å². The number of hydrogen-bond donors (Lipinski definition) is 1. The van der Waals surface area contributed by atoms with Crippen molar-refractivity contribution >= 4 is 35.0 Å². The van der Waals surface area contributed by atoms with Gasteiger partial charge in [-0.25, -0.2) is 0 Å². The highest BCUT2D eigenvalue weighted by molar-refractivity contribution is 7.99. The van der Waals surface area contributed by atoms with Crippen molar-refractivity contribution < 1.29 is 22.5 Å². The van der Waals surface area contributed by atoms with Crippen molar-refractivity contribution in [2.75, 3.05) is 11.1 Å². The number of carbonyl (C=O) groups is 1. The third-order valence-corrected chi connectivity index (χ3v) is 4.52. The summed E-state index contributed by atoms with van der Waals surface area (Å²) in [6.07, 6.45) is -4.60. The normalized spacial score (nSPS) is 11.6. The molecule has 0 unspecified atom stereocenters. The lowest BCUT2D eigenvalue weighted by Crippen LogP contribution is -2.18. The van der Waals surface area contributed by atoms with Crippen LogP contribution in [0.5, 0.6) is 0 Å². The van der Waals surface area contributed by atoms with Gasteiger partial charge in [0.05, 0.1) is 27.7 Å². The molecular formula is C15H14ClF3N2O2S. The van der Waals surface area contributed by atoms with Crippen molar-refractivity contribution in [3.8, 4) is 0 Å². The summed E-state index contributed by atoms with van der Waals surface area (Å²) in [6.45, 7) is 3.54. The molecule has 0 radical (unpaired) electrons. The van der Waals surface area contributed by atoms with Crippen LogP contribution in [0.4, 0.5) is 18.9 Å². The molecule has 4 nitrogen and oxygen atoms in total. The van der Waals surface area contributed by atoms with Crippen LogP contribution in [0.15, 0.2) is 22.7 Å². The first-order valence-electron chi connectivity index (χ1n) is 6.85. The Bertz CT molecular complexity index is 727. The lowest BCUT2D eigenvalue weighted by atomic mass is 10.1. The van der Waals surface area contributed by atoms with E-state index in [2.05, 4.69) is 10.5 Å². The second-order valence-electron chi connectivity index (χ2n) is 5.00. The molecule has 0 atom stereocenters. The minimum Gasteiger partial charge on any atom is -0.361 e. The van der Waals surface area contributed by atoms with Crippen molar-refractivity contribution in [2.45, 2.75) is 25.8 Å². The fourth-order valence-corrected chi connectivity index (χ4v) is 3.21. The molecule has 0 spiro atoms. The van der Waals surface area contributed by atoms with Gasteiger partial charge in [0.1, 0.15) is 5.76 Å². The van der Waals surface area contributed by atoms with E-state index in [0.717, 1.165) is 17.3 Å². The molecule has 9 heteroatoms. The summed E-state index contributed by atoms with van der Waals surface area (Å²) >= 11 is 7.04. The van der Waals surface area contributed by atoms with Gasteiger partial charge in [-0.3, -0.25) is 4.79 Å². The van der Waals surface area contributed by atoms with Crippen LogP contribution in [-0.4, -0.2) is 16.8 Å². The number of rotatable bonds is 5. The van der Waals surface area contributed by atoms with Crippen molar-refractivity contribution in [1.82, 2.24) is 5.16 Å². The zero-order valence-corrected chi connectivity index (χ0v) is 14.4. The van der Waals surface area contributed by atoms with Gasteiger partial charge in [0.15, 0.2) is 0 Å². The van der Waals surface area contributed by atoms with Crippen LogP contribution in [-0.2, 0) is 16.7 Å².